The molecule has 0 aliphatic heterocycles. The molecule has 53 heavy (non-hydrogen) atoms. The van der Waals surface area contributed by atoms with E-state index in [9.17, 15) is 27.2 Å². The Hall–Kier alpha value is -3.63. The van der Waals surface area contributed by atoms with E-state index in [1.54, 1.807) is 12.1 Å². The molecule has 0 aromatic heterocycles. The summed E-state index contributed by atoms with van der Waals surface area (Å²) in [5.41, 5.74) is 8.79. The summed E-state index contributed by atoms with van der Waals surface area (Å²) in [6.07, 6.45) is 8.84. The number of hydrogen-bond acceptors (Lipinski definition) is 4. The van der Waals surface area contributed by atoms with Gasteiger partial charge in [-0.05, 0) is 12.8 Å². The van der Waals surface area contributed by atoms with Crippen molar-refractivity contribution in [3.8, 4) is 11.5 Å². The fourth-order valence-corrected chi connectivity index (χ4v) is 4.84. The minimum atomic E-state index is -1.02. The largest absolute Gasteiger partial charge is 4.00 e. The van der Waals surface area contributed by atoms with Crippen molar-refractivity contribution < 1.29 is 58.3 Å². The number of rotatable bonds is 8. The van der Waals surface area contributed by atoms with E-state index in [1.807, 2.05) is 13.8 Å². The number of amides is 2. The predicted octanol–water partition coefficient (Wildman–Crippen LogP) is 11.5. The molecule has 2 aromatic carbocycles. The Kier molecular flexibility index (Phi) is 21.6. The number of allylic oxidation sites excluding steroid dienone is 8. The molecule has 2 aromatic rings. The van der Waals surface area contributed by atoms with Crippen molar-refractivity contribution in [1.82, 2.24) is 10.6 Å². The average Bonchev–Trinajstić information content (AvgIpc) is 3.35. The molecule has 0 spiro atoms. The third kappa shape index (κ3) is 16.9. The zero-order chi connectivity index (χ0) is 39.8. The van der Waals surface area contributed by atoms with Crippen LogP contribution in [0.4, 0.5) is 27.2 Å². The molecule has 2 aliphatic carbocycles. The number of carbonyl (C=O) groups is 2. The molecular formula is C42H54F4N2O4Ti. The number of hydrogen-bond donors (Lipinski definition) is 2. The first-order valence-corrected chi connectivity index (χ1v) is 17.4. The van der Waals surface area contributed by atoms with Gasteiger partial charge in [-0.2, -0.15) is 22.3 Å². The summed E-state index contributed by atoms with van der Waals surface area (Å²) in [6, 6.07) is 7.57. The summed E-state index contributed by atoms with van der Waals surface area (Å²) < 4.78 is 60.2. The smallest absolute Gasteiger partial charge is 0.472 e. The molecule has 0 saturated carbocycles. The zero-order valence-corrected chi connectivity index (χ0v) is 34.8. The molecule has 2 amide bonds. The van der Waals surface area contributed by atoms with Crippen LogP contribution >= 0.6 is 0 Å². The maximum absolute atomic E-state index is 13.0. The topological polar surface area (TPSA) is 76.7 Å². The molecule has 0 heterocycles. The summed E-state index contributed by atoms with van der Waals surface area (Å²) in [5.74, 6) is -4.39. The van der Waals surface area contributed by atoms with Gasteiger partial charge in [0.15, 0.2) is 0 Å². The molecule has 4 rings (SSSR count). The van der Waals surface area contributed by atoms with Gasteiger partial charge in [-0.25, -0.2) is 38.3 Å². The molecule has 6 nitrogen and oxygen atoms in total. The maximum atomic E-state index is 13.0. The first kappa shape index (κ1) is 49.4. The number of carbonyl (C=O) groups excluding carboxylic acids is 2. The van der Waals surface area contributed by atoms with Crippen LogP contribution in [0.2, 0.25) is 0 Å². The average molecular weight is 775 g/mol. The second kappa shape index (κ2) is 23.2. The summed E-state index contributed by atoms with van der Waals surface area (Å²) in [4.78, 5) is 22.2. The van der Waals surface area contributed by atoms with Gasteiger partial charge in [-0.3, -0.25) is 12.2 Å². The maximum Gasteiger partial charge on any atom is 4.00 e. The minimum Gasteiger partial charge on any atom is -0.472 e. The van der Waals surface area contributed by atoms with Crippen molar-refractivity contribution in [2.75, 3.05) is 13.1 Å². The van der Waals surface area contributed by atoms with Crippen molar-refractivity contribution in [2.45, 2.75) is 109 Å². The summed E-state index contributed by atoms with van der Waals surface area (Å²) in [7, 11) is 0. The number of benzene rings is 2. The van der Waals surface area contributed by atoms with Crippen LogP contribution in [0.5, 0.6) is 11.5 Å². The minimum absolute atomic E-state index is 0. The summed E-state index contributed by atoms with van der Waals surface area (Å²) in [6.45, 7) is 26.7. The van der Waals surface area contributed by atoms with E-state index >= 15 is 0 Å². The SMILES string of the molecule is CC1=[C-]C(C)(C)C(C)=C1C.CC1=[C-]C(C)(C)C(C)=C1C.CCCCNC(=O)Oc1ccc(F)[c-]c1F.CCCCNC(=O)Oc1ccc(F)[c-]c1F.[Ti+4]. The second-order valence-electron chi connectivity index (χ2n) is 13.6. The normalized spacial score (nSPS) is 14.9. The zero-order valence-electron chi connectivity index (χ0n) is 33.2. The Morgan fingerprint density at radius 3 is 1.15 bits per heavy atom. The Bertz CT molecular complexity index is 1540. The third-order valence-corrected chi connectivity index (χ3v) is 8.78. The van der Waals surface area contributed by atoms with Crippen LogP contribution in [0.1, 0.15) is 109 Å². The van der Waals surface area contributed by atoms with Gasteiger partial charge in [0, 0.05) is 24.7 Å². The monoisotopic (exact) mass is 774 g/mol. The molecule has 0 bridgehead atoms. The number of unbranched alkanes of at least 4 members (excludes halogenated alkanes) is 2. The molecule has 0 unspecified atom stereocenters. The molecule has 0 atom stereocenters. The van der Waals surface area contributed by atoms with Gasteiger partial charge in [0.25, 0.3) is 0 Å². The van der Waals surface area contributed by atoms with E-state index in [0.29, 0.717) is 13.1 Å². The van der Waals surface area contributed by atoms with E-state index in [-0.39, 0.29) is 44.0 Å². The van der Waals surface area contributed by atoms with E-state index < -0.39 is 35.5 Å². The first-order chi connectivity index (χ1) is 24.2. The Morgan fingerprint density at radius 2 is 0.943 bits per heavy atom. The van der Waals surface area contributed by atoms with Crippen molar-refractivity contribution in [3.63, 3.8) is 0 Å². The van der Waals surface area contributed by atoms with Gasteiger partial charge in [-0.15, -0.1) is 50.2 Å². The van der Waals surface area contributed by atoms with Crippen LogP contribution in [0.25, 0.3) is 0 Å². The predicted molar refractivity (Wildman–Crippen MR) is 197 cm³/mol. The van der Waals surface area contributed by atoms with Crippen LogP contribution in [-0.2, 0) is 21.7 Å². The Morgan fingerprint density at radius 1 is 0.623 bits per heavy atom. The fraction of sp³-hybridized carbons (Fsp3) is 0.476. The van der Waals surface area contributed by atoms with E-state index in [2.05, 4.69) is 101 Å². The van der Waals surface area contributed by atoms with Gasteiger partial charge in [0.05, 0.1) is 23.1 Å². The molecule has 288 valence electrons. The molecular weight excluding hydrogens is 720 g/mol. The summed E-state index contributed by atoms with van der Waals surface area (Å²) in [5, 5.41) is 4.88. The van der Waals surface area contributed by atoms with E-state index in [1.165, 1.54) is 33.4 Å². The molecule has 11 heteroatoms. The van der Waals surface area contributed by atoms with E-state index in [0.717, 1.165) is 49.9 Å². The summed E-state index contributed by atoms with van der Waals surface area (Å²) >= 11 is 0. The first-order valence-electron chi connectivity index (χ1n) is 17.4. The number of halogens is 4. The molecule has 2 aliphatic rings. The van der Waals surface area contributed by atoms with Crippen molar-refractivity contribution in [2.24, 2.45) is 10.8 Å². The third-order valence-electron chi connectivity index (χ3n) is 8.78. The standard InChI is InChI=1S/2C11H12F2NO2.2C10H15.Ti/c2*1-2-3-6-14-11(15)16-10-5-4-8(12)7-9(10)13;2*1-7-6-10(4,5)9(3)8(7)2;/h2*4-5H,2-3,6H2,1H3,(H,14,15);2*1-5H3;/q4*-1;+4. The molecule has 0 radical (unpaired) electrons. The molecule has 0 saturated heterocycles. The van der Waals surface area contributed by atoms with Crippen molar-refractivity contribution in [3.05, 3.63) is 105 Å². The van der Waals surface area contributed by atoms with Gasteiger partial charge in [0.1, 0.15) is 0 Å². The van der Waals surface area contributed by atoms with Crippen LogP contribution in [0, 0.1) is 58.4 Å². The fourth-order valence-electron chi connectivity index (χ4n) is 4.84. The number of nitrogens with one attached hydrogen (secondary N) is 2. The Labute approximate surface area is 329 Å². The van der Waals surface area contributed by atoms with Crippen LogP contribution < -0.4 is 20.1 Å². The van der Waals surface area contributed by atoms with Gasteiger partial charge in [-0.1, -0.05) is 92.9 Å². The van der Waals surface area contributed by atoms with Gasteiger partial charge >= 0.3 is 33.9 Å². The molecule has 0 fully saturated rings. The van der Waals surface area contributed by atoms with Crippen LogP contribution in [0.3, 0.4) is 0 Å². The quantitative estimate of drug-likeness (QED) is 0.121. The Balaban J connectivity index is 0.000000692. The van der Waals surface area contributed by atoms with Crippen molar-refractivity contribution in [1.29, 1.82) is 0 Å². The van der Waals surface area contributed by atoms with Gasteiger partial charge in [0.2, 0.25) is 0 Å². The number of ether oxygens (including phenoxy) is 2. The van der Waals surface area contributed by atoms with Crippen molar-refractivity contribution >= 4 is 12.2 Å². The second-order valence-corrected chi connectivity index (χ2v) is 13.6. The van der Waals surface area contributed by atoms with Crippen LogP contribution in [-0.4, -0.2) is 25.3 Å². The van der Waals surface area contributed by atoms with Gasteiger partial charge < -0.3 is 20.1 Å². The van der Waals surface area contributed by atoms with E-state index in [4.69, 9.17) is 0 Å². The molecule has 2 N–H and O–H groups in total. The van der Waals surface area contributed by atoms with Crippen LogP contribution in [0.15, 0.2) is 57.7 Å².